The zero-order valence-corrected chi connectivity index (χ0v) is 50.0. The molecule has 4 atom stereocenters. The standard InChI is InChI=1S/C82H60F6N2/c1-7-53-21-29-57(30-22-53)81(71-41-49(3)17-19-51(71)5)69-15-11-9-13-65(69)67-39-37-61(43-73(67)81)89(63-45-75(83)79(87)76(84)46-63)59-33-25-55(26-34-59)56-27-35-60(36-28-56)90(64-47-77(85)80(88)78(86)48-64)62-38-40-68-66-14-10-12-16-70(66)82(74(68)44-62,58-31-23-54(8-2)24-32-58)72-42-50(4)18-20-52(72)6/h7-48,65,69H,1-2H2,3-6H3. The number of rotatable bonds is 13. The van der Waals surface area contributed by atoms with Crippen molar-refractivity contribution >= 4 is 46.3 Å². The molecule has 90 heavy (non-hydrogen) atoms. The van der Waals surface area contributed by atoms with Gasteiger partial charge in [-0.25, -0.2) is 26.3 Å². The molecular weight excluding hydrogens is 1130 g/mol. The van der Waals surface area contributed by atoms with Crippen LogP contribution in [0.15, 0.2) is 256 Å². The first-order valence-corrected chi connectivity index (χ1v) is 30.1. The maximum Gasteiger partial charge on any atom is 0.194 e. The van der Waals surface area contributed by atoms with Crippen molar-refractivity contribution in [2.45, 2.75) is 44.4 Å². The summed E-state index contributed by atoms with van der Waals surface area (Å²) in [6.07, 6.45) is 12.4. The molecule has 11 aromatic rings. The number of anilines is 6. The highest BCUT2D eigenvalue weighted by Crippen LogP contribution is 2.62. The van der Waals surface area contributed by atoms with Gasteiger partial charge in [0.05, 0.1) is 22.2 Å². The van der Waals surface area contributed by atoms with Crippen LogP contribution < -0.4 is 9.80 Å². The Morgan fingerprint density at radius 2 is 0.833 bits per heavy atom. The summed E-state index contributed by atoms with van der Waals surface area (Å²) in [5, 5.41) is 0. The predicted octanol–water partition coefficient (Wildman–Crippen LogP) is 22.2. The molecular formula is C82H60F6N2. The molecule has 14 rings (SSSR count). The van der Waals surface area contributed by atoms with Crippen molar-refractivity contribution in [2.24, 2.45) is 5.92 Å². The smallest absolute Gasteiger partial charge is 0.194 e. The zero-order valence-electron chi connectivity index (χ0n) is 50.0. The molecule has 3 aliphatic rings. The Bertz CT molecular complexity index is 4730. The molecule has 440 valence electrons. The van der Waals surface area contributed by atoms with E-state index in [2.05, 4.69) is 193 Å². The van der Waals surface area contributed by atoms with Crippen molar-refractivity contribution in [3.8, 4) is 22.3 Å². The van der Waals surface area contributed by atoms with Gasteiger partial charge in [-0.15, -0.1) is 0 Å². The lowest BCUT2D eigenvalue weighted by Crippen LogP contribution is -2.36. The van der Waals surface area contributed by atoms with Gasteiger partial charge in [0.2, 0.25) is 0 Å². The van der Waals surface area contributed by atoms with Gasteiger partial charge in [0.15, 0.2) is 34.9 Å². The third-order valence-corrected chi connectivity index (χ3v) is 18.8. The Balaban J connectivity index is 0.890. The van der Waals surface area contributed by atoms with Gasteiger partial charge in [-0.1, -0.05) is 206 Å². The lowest BCUT2D eigenvalue weighted by Gasteiger charge is -2.40. The highest BCUT2D eigenvalue weighted by Gasteiger charge is 2.54. The number of halogens is 6. The minimum Gasteiger partial charge on any atom is -0.310 e. The third kappa shape index (κ3) is 9.10. The van der Waals surface area contributed by atoms with Crippen LogP contribution in [0.4, 0.5) is 60.5 Å². The summed E-state index contributed by atoms with van der Waals surface area (Å²) in [6.45, 7) is 16.5. The summed E-state index contributed by atoms with van der Waals surface area (Å²) >= 11 is 0. The molecule has 0 saturated heterocycles. The van der Waals surface area contributed by atoms with Crippen molar-refractivity contribution in [1.82, 2.24) is 0 Å². The second-order valence-electron chi connectivity index (χ2n) is 23.9. The molecule has 0 spiro atoms. The number of allylic oxidation sites excluding steroid dienone is 4. The number of hydrogen-bond acceptors (Lipinski definition) is 2. The van der Waals surface area contributed by atoms with Crippen molar-refractivity contribution in [3.05, 3.63) is 369 Å². The van der Waals surface area contributed by atoms with E-state index in [9.17, 15) is 8.78 Å². The van der Waals surface area contributed by atoms with Gasteiger partial charge in [0.1, 0.15) is 0 Å². The molecule has 0 amide bonds. The number of hydrogen-bond donors (Lipinski definition) is 0. The van der Waals surface area contributed by atoms with Crippen LogP contribution in [0.25, 0.3) is 34.4 Å². The molecule has 3 aliphatic carbocycles. The number of aryl methyl sites for hydroxylation is 4. The molecule has 11 aromatic carbocycles. The Kier molecular flexibility index (Phi) is 14.2. The van der Waals surface area contributed by atoms with Crippen molar-refractivity contribution in [3.63, 3.8) is 0 Å². The second kappa shape index (κ2) is 22.3. The normalized spacial score (nSPS) is 17.5. The van der Waals surface area contributed by atoms with Crippen LogP contribution in [0.1, 0.15) is 83.8 Å². The van der Waals surface area contributed by atoms with Crippen LogP contribution in [0.2, 0.25) is 0 Å². The van der Waals surface area contributed by atoms with Crippen LogP contribution in [0.5, 0.6) is 0 Å². The molecule has 0 aromatic heterocycles. The van der Waals surface area contributed by atoms with Gasteiger partial charge >= 0.3 is 0 Å². The molecule has 8 heteroatoms. The monoisotopic (exact) mass is 1190 g/mol. The molecule has 0 saturated carbocycles. The van der Waals surface area contributed by atoms with E-state index < -0.39 is 45.7 Å². The lowest BCUT2D eigenvalue weighted by atomic mass is 9.62. The SMILES string of the molecule is C=Cc1ccc(C2(c3cc(C)ccc3C)c3ccccc3-c3ccc(N(c4ccc(-c5ccc(N(c6cc(F)c(F)c(F)c6)c6ccc7c(c6)C(c6ccc(C=C)cc6)(c6cc(C)ccc6C)C6C=CC=CC76)cc5)cc4)c4cc(F)c(F)c(F)c4)cc32)cc1. The Morgan fingerprint density at radius 1 is 0.378 bits per heavy atom. The van der Waals surface area contributed by atoms with Gasteiger partial charge in [-0.2, -0.15) is 0 Å². The molecule has 0 aliphatic heterocycles. The topological polar surface area (TPSA) is 6.48 Å². The van der Waals surface area contributed by atoms with Crippen LogP contribution in [-0.2, 0) is 10.8 Å². The zero-order chi connectivity index (χ0) is 62.3. The Hall–Kier alpha value is -10.4. The van der Waals surface area contributed by atoms with Crippen LogP contribution in [0, 0.1) is 68.5 Å². The maximum absolute atomic E-state index is 15.6. The van der Waals surface area contributed by atoms with Crippen molar-refractivity contribution < 1.29 is 26.3 Å². The molecule has 4 unspecified atom stereocenters. The van der Waals surface area contributed by atoms with E-state index in [0.717, 1.165) is 124 Å². The Morgan fingerprint density at radius 3 is 1.38 bits per heavy atom. The quantitative estimate of drug-likeness (QED) is 0.0839. The molecule has 0 radical (unpaired) electrons. The highest BCUT2D eigenvalue weighted by molar-refractivity contribution is 5.90. The lowest BCUT2D eigenvalue weighted by molar-refractivity contribution is 0.447. The fourth-order valence-corrected chi connectivity index (χ4v) is 14.7. The maximum atomic E-state index is 15.6. The van der Waals surface area contributed by atoms with Crippen molar-refractivity contribution in [1.29, 1.82) is 0 Å². The number of fused-ring (bicyclic) bond motifs is 6. The molecule has 2 nitrogen and oxygen atoms in total. The van der Waals surface area contributed by atoms with E-state index in [0.29, 0.717) is 22.7 Å². The third-order valence-electron chi connectivity index (χ3n) is 18.8. The van der Waals surface area contributed by atoms with E-state index in [1.807, 2.05) is 78.9 Å². The van der Waals surface area contributed by atoms with E-state index in [1.54, 1.807) is 9.80 Å². The average molecular weight is 1190 g/mol. The molecule has 0 N–H and O–H groups in total. The van der Waals surface area contributed by atoms with E-state index in [-0.39, 0.29) is 23.2 Å². The fraction of sp³-hybridized carbons (Fsp3) is 0.0976. The minimum absolute atomic E-state index is 0.00625. The summed E-state index contributed by atoms with van der Waals surface area (Å²) in [5.74, 6) is -8.52. The summed E-state index contributed by atoms with van der Waals surface area (Å²) in [4.78, 5) is 3.49. The van der Waals surface area contributed by atoms with Crippen molar-refractivity contribution in [2.75, 3.05) is 9.80 Å². The summed E-state index contributed by atoms with van der Waals surface area (Å²) < 4.78 is 92.4. The predicted molar refractivity (Wildman–Crippen MR) is 355 cm³/mol. The average Bonchev–Trinajstić information content (AvgIpc) is 1.53. The van der Waals surface area contributed by atoms with E-state index in [1.165, 1.54) is 0 Å². The van der Waals surface area contributed by atoms with Crippen LogP contribution in [0.3, 0.4) is 0 Å². The highest BCUT2D eigenvalue weighted by atomic mass is 19.2. The van der Waals surface area contributed by atoms with Gasteiger partial charge < -0.3 is 9.80 Å². The largest absolute Gasteiger partial charge is 0.310 e. The fourth-order valence-electron chi connectivity index (χ4n) is 14.7. The number of nitrogens with zero attached hydrogens (tertiary/aromatic N) is 2. The first-order valence-electron chi connectivity index (χ1n) is 30.1. The van der Waals surface area contributed by atoms with E-state index >= 15 is 17.6 Å². The van der Waals surface area contributed by atoms with E-state index in [4.69, 9.17) is 0 Å². The summed E-state index contributed by atoms with van der Waals surface area (Å²) in [6, 6.07) is 69.7. The first-order chi connectivity index (χ1) is 43.6. The Labute approximate surface area is 521 Å². The summed E-state index contributed by atoms with van der Waals surface area (Å²) in [5.41, 5.74) is 19.2. The minimum atomic E-state index is -1.57. The molecule has 0 bridgehead atoms. The van der Waals surface area contributed by atoms with Gasteiger partial charge in [0, 0.05) is 58.9 Å². The second-order valence-corrected chi connectivity index (χ2v) is 23.9. The summed E-state index contributed by atoms with van der Waals surface area (Å²) in [7, 11) is 0. The van der Waals surface area contributed by atoms with Gasteiger partial charge in [-0.3, -0.25) is 0 Å². The first kappa shape index (κ1) is 57.3. The number of benzene rings is 11. The van der Waals surface area contributed by atoms with Gasteiger partial charge in [0.25, 0.3) is 0 Å². The van der Waals surface area contributed by atoms with Gasteiger partial charge in [-0.05, 0) is 165 Å². The molecule has 0 fully saturated rings. The van der Waals surface area contributed by atoms with Crippen LogP contribution in [-0.4, -0.2) is 0 Å². The molecule has 0 heterocycles. The van der Waals surface area contributed by atoms with Crippen LogP contribution >= 0.6 is 0 Å².